The summed E-state index contributed by atoms with van der Waals surface area (Å²) >= 11 is 0. The van der Waals surface area contributed by atoms with E-state index < -0.39 is 34.9 Å². The predicted octanol–water partition coefficient (Wildman–Crippen LogP) is 18.2. The summed E-state index contributed by atoms with van der Waals surface area (Å²) < 4.78 is 85.9. The van der Waals surface area contributed by atoms with Crippen LogP contribution in [0.3, 0.4) is 0 Å². The van der Waals surface area contributed by atoms with Crippen LogP contribution < -0.4 is 60.6 Å². The van der Waals surface area contributed by atoms with Gasteiger partial charge in [0.25, 0.3) is 29.5 Å². The van der Waals surface area contributed by atoms with E-state index in [0.717, 1.165) is 89.5 Å². The maximum Gasteiger partial charge on any atom is 0.296 e. The molecule has 456 valence electrons. The van der Waals surface area contributed by atoms with Crippen LogP contribution in [-0.2, 0) is 23.7 Å². The molecule has 0 bridgehead atoms. The zero-order valence-corrected chi connectivity index (χ0v) is 53.7. The maximum absolute atomic E-state index is 15.1. The fourth-order valence-corrected chi connectivity index (χ4v) is 21.8. The van der Waals surface area contributed by atoms with Crippen molar-refractivity contribution in [3.05, 3.63) is 313 Å². The van der Waals surface area contributed by atoms with Gasteiger partial charge in [0.15, 0.2) is 0 Å². The molecule has 4 unspecified atom stereocenters. The number of anilines is 4. The first-order valence-corrected chi connectivity index (χ1v) is 38.0. The monoisotopic (exact) mass is 1290 g/mol. The lowest BCUT2D eigenvalue weighted by molar-refractivity contribution is 0.492. The van der Waals surface area contributed by atoms with Crippen LogP contribution in [0.1, 0.15) is 22.3 Å². The molecule has 12 aromatic carbocycles. The Hall–Kier alpha value is -10.0. The van der Waals surface area contributed by atoms with Gasteiger partial charge in [0, 0.05) is 45.0 Å². The molecule has 16 heteroatoms. The summed E-state index contributed by atoms with van der Waals surface area (Å²) in [6, 6.07) is 94.6. The average molecular weight is 1290 g/mol. The highest BCUT2D eigenvalue weighted by atomic mass is 31.2. The fraction of sp³-hybridized carbons (Fsp3) is 0.0649. The van der Waals surface area contributed by atoms with Gasteiger partial charge >= 0.3 is 0 Å². The second-order valence-corrected chi connectivity index (χ2v) is 32.8. The molecular formula is C77H60N4O8P4. The van der Waals surface area contributed by atoms with Gasteiger partial charge < -0.3 is 39.4 Å². The number of rotatable bonds is 16. The minimum absolute atomic E-state index is 0.0441. The van der Waals surface area contributed by atoms with E-state index in [-0.39, 0.29) is 25.1 Å². The van der Waals surface area contributed by atoms with Gasteiger partial charge in [0.1, 0.15) is 48.1 Å². The summed E-state index contributed by atoms with van der Waals surface area (Å²) in [7, 11) is -13.8. The van der Waals surface area contributed by atoms with Crippen molar-refractivity contribution < 1.29 is 36.4 Å². The molecule has 0 amide bonds. The molecular weight excluding hydrogens is 1230 g/mol. The largest absolute Gasteiger partial charge is 0.438 e. The van der Waals surface area contributed by atoms with E-state index in [0.29, 0.717) is 44.2 Å². The number of nitrogens with one attached hydrogen (secondary N) is 4. The molecule has 0 spiro atoms. The molecule has 4 aliphatic heterocycles. The molecule has 4 N–H and O–H groups in total. The zero-order valence-electron chi connectivity index (χ0n) is 50.1. The highest BCUT2D eigenvalue weighted by Gasteiger charge is 2.42. The van der Waals surface area contributed by atoms with Crippen molar-refractivity contribution in [1.29, 1.82) is 0 Å². The molecule has 0 aliphatic carbocycles. The highest BCUT2D eigenvalue weighted by molar-refractivity contribution is 7.69. The van der Waals surface area contributed by atoms with Gasteiger partial charge in [0.05, 0.1) is 26.6 Å². The van der Waals surface area contributed by atoms with E-state index in [1.807, 2.05) is 243 Å². The summed E-state index contributed by atoms with van der Waals surface area (Å²) in [5, 5.41) is 16.7. The highest BCUT2D eigenvalue weighted by Crippen LogP contribution is 2.59. The van der Waals surface area contributed by atoms with Gasteiger partial charge in [-0.25, -0.2) is 0 Å². The van der Waals surface area contributed by atoms with Gasteiger partial charge in [-0.05, 0) is 142 Å². The normalized spacial score (nSPS) is 19.7. The van der Waals surface area contributed by atoms with Crippen molar-refractivity contribution >= 4 is 73.4 Å². The predicted molar refractivity (Wildman–Crippen MR) is 378 cm³/mol. The van der Waals surface area contributed by atoms with Crippen LogP contribution in [0, 0.1) is 0 Å². The van der Waals surface area contributed by atoms with E-state index in [1.165, 1.54) is 0 Å². The second-order valence-electron chi connectivity index (χ2n) is 23.5. The van der Waals surface area contributed by atoms with Crippen LogP contribution in [0.4, 0.5) is 22.7 Å². The number of benzene rings is 12. The maximum atomic E-state index is 15.1. The number of hydrogen-bond donors (Lipinski definition) is 4. The van der Waals surface area contributed by atoms with E-state index in [4.69, 9.17) is 18.1 Å². The number of para-hydroxylation sites is 4. The molecule has 0 saturated heterocycles. The first kappa shape index (κ1) is 58.1. The van der Waals surface area contributed by atoms with Crippen LogP contribution in [0.5, 0.6) is 23.0 Å². The van der Waals surface area contributed by atoms with Crippen molar-refractivity contribution in [2.75, 3.05) is 46.4 Å². The molecule has 0 saturated carbocycles. The zero-order chi connectivity index (χ0) is 62.8. The van der Waals surface area contributed by atoms with Crippen LogP contribution in [0.15, 0.2) is 291 Å². The Labute approximate surface area is 539 Å². The molecule has 16 rings (SSSR count). The fourth-order valence-electron chi connectivity index (χ4n) is 13.5. The first-order chi connectivity index (χ1) is 45.5. The Morgan fingerprint density at radius 1 is 0.226 bits per heavy atom. The molecule has 0 fully saturated rings. The third-order valence-electron chi connectivity index (χ3n) is 18.0. The standard InChI is InChI=1S/C77H60N4O8P4/c82-90(73-29-13-5-21-65(73)61-17-1-9-25-69(61)86-90)49-78-57-41-33-53(34-42-57)77(54-35-43-58(44-36-54)79-50-91(83)74-30-14-6-22-66(74)62-18-2-10-26-70(62)87-91,55-37-45-59(46-38-55)80-51-92(84)75-31-15-7-23-67(75)63-19-3-11-27-71(63)88-92)56-39-47-60(48-40-56)81-52-93(85)76-32-16-8-24-68(76)64-20-4-12-28-72(64)89-93/h1-48,78-81H,49-52H2. The summed E-state index contributed by atoms with van der Waals surface area (Å²) in [5.41, 5.74) is 12.7. The Morgan fingerprint density at radius 2 is 0.409 bits per heavy atom. The minimum Gasteiger partial charge on any atom is -0.438 e. The molecule has 93 heavy (non-hydrogen) atoms. The molecule has 4 aliphatic rings. The Kier molecular flexibility index (Phi) is 14.5. The molecule has 0 radical (unpaired) electrons. The molecule has 4 heterocycles. The van der Waals surface area contributed by atoms with Gasteiger partial charge in [0.2, 0.25) is 0 Å². The van der Waals surface area contributed by atoms with Crippen LogP contribution >= 0.6 is 29.5 Å². The van der Waals surface area contributed by atoms with Crippen molar-refractivity contribution in [3.8, 4) is 67.5 Å². The van der Waals surface area contributed by atoms with Gasteiger partial charge in [-0.1, -0.05) is 194 Å². The van der Waals surface area contributed by atoms with Crippen molar-refractivity contribution in [1.82, 2.24) is 0 Å². The van der Waals surface area contributed by atoms with Gasteiger partial charge in [-0.3, -0.25) is 18.3 Å². The Morgan fingerprint density at radius 3 is 0.624 bits per heavy atom. The molecule has 4 atom stereocenters. The quantitative estimate of drug-likeness (QED) is 0.0538. The van der Waals surface area contributed by atoms with E-state index in [1.54, 1.807) is 0 Å². The van der Waals surface area contributed by atoms with Gasteiger partial charge in [-0.15, -0.1) is 0 Å². The second kappa shape index (κ2) is 23.3. The lowest BCUT2D eigenvalue weighted by Gasteiger charge is -2.37. The third kappa shape index (κ3) is 10.3. The van der Waals surface area contributed by atoms with Gasteiger partial charge in [-0.2, -0.15) is 0 Å². The van der Waals surface area contributed by atoms with Crippen molar-refractivity contribution in [2.45, 2.75) is 5.41 Å². The molecule has 12 aromatic rings. The number of fused-ring (bicyclic) bond motifs is 12. The lowest BCUT2D eigenvalue weighted by Crippen LogP contribution is -2.31. The topological polar surface area (TPSA) is 153 Å². The van der Waals surface area contributed by atoms with Crippen LogP contribution in [0.2, 0.25) is 0 Å². The van der Waals surface area contributed by atoms with Crippen molar-refractivity contribution in [3.63, 3.8) is 0 Å². The van der Waals surface area contributed by atoms with E-state index >= 15 is 18.3 Å². The van der Waals surface area contributed by atoms with Crippen molar-refractivity contribution in [2.24, 2.45) is 0 Å². The summed E-state index contributed by atoms with van der Waals surface area (Å²) in [4.78, 5) is 0. The molecule has 0 aromatic heterocycles. The first-order valence-electron chi connectivity index (χ1n) is 30.8. The third-order valence-corrected chi connectivity index (χ3v) is 26.8. The summed E-state index contributed by atoms with van der Waals surface area (Å²) in [6.45, 7) is 0. The van der Waals surface area contributed by atoms with Crippen LogP contribution in [0.25, 0.3) is 44.5 Å². The van der Waals surface area contributed by atoms with E-state index in [2.05, 4.69) is 69.8 Å². The summed E-state index contributed by atoms with van der Waals surface area (Å²) in [5.74, 6) is 2.33. The summed E-state index contributed by atoms with van der Waals surface area (Å²) in [6.07, 6.45) is 0.176. The lowest BCUT2D eigenvalue weighted by atomic mass is 9.65. The number of hydrogen-bond acceptors (Lipinski definition) is 12. The Balaban J connectivity index is 0.773. The van der Waals surface area contributed by atoms with E-state index in [9.17, 15) is 0 Å². The average Bonchev–Trinajstić information content (AvgIpc) is 0.754. The van der Waals surface area contributed by atoms with Crippen LogP contribution in [-0.4, -0.2) is 25.1 Å². The Bertz CT molecular complexity index is 4460. The smallest absolute Gasteiger partial charge is 0.296 e. The molecule has 12 nitrogen and oxygen atoms in total. The SMILES string of the molecule is O=P1(CNc2ccc(C(c3ccc(NCP4(=O)Oc5ccccc5-c5ccccc54)cc3)(c3ccc(NCP4(=O)Oc5ccccc5-c5ccccc54)cc3)c3ccc(NCP4(=O)Oc5ccccc5-c5ccccc54)cc3)cc2)Oc2ccccc2-c2ccccc21. The minimum atomic E-state index is -3.46.